The van der Waals surface area contributed by atoms with Crippen molar-refractivity contribution in [3.8, 4) is 0 Å². The summed E-state index contributed by atoms with van der Waals surface area (Å²) in [6, 6.07) is 8.01. The highest BCUT2D eigenvalue weighted by Gasteiger charge is 2.43. The molecule has 0 saturated heterocycles. The van der Waals surface area contributed by atoms with Crippen LogP contribution >= 0.6 is 15.9 Å². The Morgan fingerprint density at radius 1 is 1.19 bits per heavy atom. The second kappa shape index (κ2) is 6.41. The van der Waals surface area contributed by atoms with Crippen molar-refractivity contribution in [2.75, 3.05) is 5.32 Å². The lowest BCUT2D eigenvalue weighted by molar-refractivity contribution is -0.254. The molecule has 0 fully saturated rings. The van der Waals surface area contributed by atoms with E-state index in [-0.39, 0.29) is 23.0 Å². The summed E-state index contributed by atoms with van der Waals surface area (Å²) in [6.07, 6.45) is 0.00602. The van der Waals surface area contributed by atoms with Crippen LogP contribution in [0.25, 0.3) is 0 Å². The molecule has 2 aromatic carbocycles. The molecule has 0 amide bonds. The molecular formula is C20H14BrF3NO2-. The summed E-state index contributed by atoms with van der Waals surface area (Å²) < 4.78 is 41.2. The highest BCUT2D eigenvalue weighted by atomic mass is 79.9. The first-order valence-corrected chi connectivity index (χ1v) is 9.21. The third-order valence-corrected chi connectivity index (χ3v) is 5.71. The van der Waals surface area contributed by atoms with E-state index >= 15 is 0 Å². The molecule has 0 bridgehead atoms. The van der Waals surface area contributed by atoms with E-state index in [4.69, 9.17) is 0 Å². The molecule has 4 rings (SSSR count). The van der Waals surface area contributed by atoms with Gasteiger partial charge in [0.2, 0.25) is 0 Å². The Labute approximate surface area is 162 Å². The van der Waals surface area contributed by atoms with Crippen LogP contribution in [0.3, 0.4) is 0 Å². The topological polar surface area (TPSA) is 52.2 Å². The standard InChI is InChI=1S/C20H15BrF3NO2/c21-10-8-14-11-5-3-6-12(11)17(25-18(14)15(9-10)19(26)27)13-4-1-2-7-16(13)20(22,23)24/h1-5,7-9,11-12,17,25H,6H2,(H,26,27)/p-1/t11-,12+,17+/m1/s1. The fourth-order valence-electron chi connectivity index (χ4n) is 4.16. The van der Waals surface area contributed by atoms with Gasteiger partial charge < -0.3 is 15.2 Å². The number of alkyl halides is 3. The van der Waals surface area contributed by atoms with E-state index in [1.54, 1.807) is 6.07 Å². The van der Waals surface area contributed by atoms with E-state index in [9.17, 15) is 23.1 Å². The number of hydrogen-bond acceptors (Lipinski definition) is 3. The molecule has 3 nitrogen and oxygen atoms in total. The molecule has 27 heavy (non-hydrogen) atoms. The van der Waals surface area contributed by atoms with Crippen molar-refractivity contribution >= 4 is 27.6 Å². The lowest BCUT2D eigenvalue weighted by Crippen LogP contribution is -2.33. The van der Waals surface area contributed by atoms with Crippen molar-refractivity contribution in [1.82, 2.24) is 0 Å². The van der Waals surface area contributed by atoms with Crippen LogP contribution < -0.4 is 10.4 Å². The third-order valence-electron chi connectivity index (χ3n) is 5.25. The molecule has 0 aromatic heterocycles. The van der Waals surface area contributed by atoms with Gasteiger partial charge in [0.1, 0.15) is 0 Å². The minimum Gasteiger partial charge on any atom is -0.545 e. The smallest absolute Gasteiger partial charge is 0.416 e. The van der Waals surface area contributed by atoms with E-state index in [0.717, 1.165) is 11.6 Å². The summed E-state index contributed by atoms with van der Waals surface area (Å²) in [5, 5.41) is 14.7. The van der Waals surface area contributed by atoms with Crippen LogP contribution in [0.1, 0.15) is 45.4 Å². The van der Waals surface area contributed by atoms with Crippen LogP contribution in [-0.4, -0.2) is 5.97 Å². The van der Waals surface area contributed by atoms with Gasteiger partial charge in [0.15, 0.2) is 0 Å². The largest absolute Gasteiger partial charge is 0.545 e. The molecule has 2 aliphatic rings. The number of carboxylic acid groups (broad SMARTS) is 1. The van der Waals surface area contributed by atoms with Crippen LogP contribution in [0.15, 0.2) is 53.0 Å². The predicted molar refractivity (Wildman–Crippen MR) is 96.3 cm³/mol. The minimum absolute atomic E-state index is 0.0624. The summed E-state index contributed by atoms with van der Waals surface area (Å²) in [5.74, 6) is -1.67. The number of fused-ring (bicyclic) bond motifs is 3. The van der Waals surface area contributed by atoms with Crippen molar-refractivity contribution in [2.24, 2.45) is 5.92 Å². The fourth-order valence-corrected chi connectivity index (χ4v) is 4.64. The second-order valence-electron chi connectivity index (χ2n) is 6.77. The fraction of sp³-hybridized carbons (Fsp3) is 0.250. The Morgan fingerprint density at radius 3 is 2.63 bits per heavy atom. The monoisotopic (exact) mass is 436 g/mol. The van der Waals surface area contributed by atoms with Gasteiger partial charge >= 0.3 is 6.18 Å². The van der Waals surface area contributed by atoms with Crippen molar-refractivity contribution in [3.05, 3.63) is 75.3 Å². The molecule has 1 heterocycles. The number of aromatic carboxylic acids is 1. The highest BCUT2D eigenvalue weighted by Crippen LogP contribution is 2.52. The molecule has 140 valence electrons. The van der Waals surface area contributed by atoms with Gasteiger partial charge in [0, 0.05) is 21.6 Å². The number of halogens is 4. The molecule has 7 heteroatoms. The first kappa shape index (κ1) is 18.1. The number of carbonyl (C=O) groups is 1. The number of carboxylic acids is 1. The van der Waals surface area contributed by atoms with Gasteiger partial charge in [-0.25, -0.2) is 0 Å². The zero-order valence-electron chi connectivity index (χ0n) is 13.9. The number of nitrogens with one attached hydrogen (secondary N) is 1. The van der Waals surface area contributed by atoms with Crippen molar-refractivity contribution in [2.45, 2.75) is 24.6 Å². The van der Waals surface area contributed by atoms with Crippen molar-refractivity contribution < 1.29 is 23.1 Å². The zero-order chi connectivity index (χ0) is 19.3. The highest BCUT2D eigenvalue weighted by molar-refractivity contribution is 9.10. The van der Waals surface area contributed by atoms with Crippen molar-refractivity contribution in [1.29, 1.82) is 0 Å². The van der Waals surface area contributed by atoms with Gasteiger partial charge in [-0.2, -0.15) is 13.2 Å². The van der Waals surface area contributed by atoms with E-state index in [1.807, 2.05) is 18.2 Å². The number of carbonyl (C=O) groups excluding carboxylic acids is 1. The number of benzene rings is 2. The van der Waals surface area contributed by atoms with Gasteiger partial charge in [-0.1, -0.05) is 46.3 Å². The Hall–Kier alpha value is -2.28. The maximum absolute atomic E-state index is 13.5. The molecule has 1 aliphatic carbocycles. The molecule has 0 radical (unpaired) electrons. The van der Waals surface area contributed by atoms with Gasteiger partial charge in [0.25, 0.3) is 0 Å². The normalized spacial score (nSPS) is 23.5. The van der Waals surface area contributed by atoms with E-state index < -0.39 is 23.8 Å². The summed E-state index contributed by atoms with van der Waals surface area (Å²) >= 11 is 3.31. The second-order valence-corrected chi connectivity index (χ2v) is 7.68. The molecule has 2 aromatic rings. The summed E-state index contributed by atoms with van der Waals surface area (Å²) in [6.45, 7) is 0. The molecule has 0 saturated carbocycles. The first-order valence-electron chi connectivity index (χ1n) is 8.41. The average Bonchev–Trinajstić information content (AvgIpc) is 3.10. The number of allylic oxidation sites excluding steroid dienone is 2. The van der Waals surface area contributed by atoms with Gasteiger partial charge in [-0.05, 0) is 41.7 Å². The number of anilines is 1. The zero-order valence-corrected chi connectivity index (χ0v) is 15.5. The lowest BCUT2D eigenvalue weighted by Gasteiger charge is -2.39. The number of rotatable bonds is 2. The maximum Gasteiger partial charge on any atom is 0.416 e. The Morgan fingerprint density at radius 2 is 1.93 bits per heavy atom. The van der Waals surface area contributed by atoms with E-state index in [0.29, 0.717) is 16.6 Å². The van der Waals surface area contributed by atoms with Crippen molar-refractivity contribution in [3.63, 3.8) is 0 Å². The maximum atomic E-state index is 13.5. The van der Waals surface area contributed by atoms with Crippen LogP contribution in [0.2, 0.25) is 0 Å². The number of hydrogen-bond donors (Lipinski definition) is 1. The molecular weight excluding hydrogens is 423 g/mol. The summed E-state index contributed by atoms with van der Waals surface area (Å²) in [5.41, 5.74) is 0.439. The lowest BCUT2D eigenvalue weighted by atomic mass is 9.75. The van der Waals surface area contributed by atoms with Crippen LogP contribution in [0, 0.1) is 5.92 Å². The van der Waals surface area contributed by atoms with Gasteiger partial charge in [-0.3, -0.25) is 0 Å². The SMILES string of the molecule is O=C([O-])c1cc(Br)cc2c1N[C@H](c1ccccc1C(F)(F)F)[C@H]1CC=C[C@@H]21. The Bertz CT molecular complexity index is 955. The summed E-state index contributed by atoms with van der Waals surface area (Å²) in [4.78, 5) is 11.6. The third kappa shape index (κ3) is 3.04. The first-order chi connectivity index (χ1) is 12.8. The van der Waals surface area contributed by atoms with Crippen LogP contribution in [-0.2, 0) is 6.18 Å². The molecule has 3 atom stereocenters. The van der Waals surface area contributed by atoms with E-state index in [1.165, 1.54) is 18.2 Å². The predicted octanol–water partition coefficient (Wildman–Crippen LogP) is 4.66. The minimum atomic E-state index is -4.49. The Balaban J connectivity index is 1.90. The molecule has 0 unspecified atom stereocenters. The van der Waals surface area contributed by atoms with Crippen LogP contribution in [0.4, 0.5) is 18.9 Å². The Kier molecular flexibility index (Phi) is 4.29. The average molecular weight is 437 g/mol. The molecule has 1 N–H and O–H groups in total. The van der Waals surface area contributed by atoms with Crippen LogP contribution in [0.5, 0.6) is 0 Å². The van der Waals surface area contributed by atoms with E-state index in [2.05, 4.69) is 21.2 Å². The van der Waals surface area contributed by atoms with Gasteiger partial charge in [0.05, 0.1) is 17.6 Å². The van der Waals surface area contributed by atoms with Gasteiger partial charge in [-0.15, -0.1) is 0 Å². The molecule has 0 spiro atoms. The molecule has 1 aliphatic heterocycles. The quantitative estimate of drug-likeness (QED) is 0.696. The summed E-state index contributed by atoms with van der Waals surface area (Å²) in [7, 11) is 0.